The van der Waals surface area contributed by atoms with Crippen LogP contribution in [0, 0.1) is 0 Å². The Balaban J connectivity index is -0.000000333. The predicted octanol–water partition coefficient (Wildman–Crippen LogP) is 2.73. The van der Waals surface area contributed by atoms with Gasteiger partial charge in [0.05, 0.1) is 0 Å². The molecule has 0 rings (SSSR count). The molecule has 0 heterocycles. The SMILES string of the molecule is CCCCCCC(N)C(=O)O.CCCCCCC(N)C(=O)O.[Cu]. The quantitative estimate of drug-likeness (QED) is 0.304. The molecule has 0 saturated heterocycles. The number of carbonyl (C=O) groups is 2. The van der Waals surface area contributed by atoms with Crippen LogP contribution in [0.5, 0.6) is 0 Å². The summed E-state index contributed by atoms with van der Waals surface area (Å²) in [6.07, 6.45) is 9.95. The van der Waals surface area contributed by atoms with Gasteiger partial charge in [-0.05, 0) is 12.8 Å². The second kappa shape index (κ2) is 19.4. The first-order valence-corrected chi connectivity index (χ1v) is 8.33. The van der Waals surface area contributed by atoms with Crippen LogP contribution < -0.4 is 11.5 Å². The summed E-state index contributed by atoms with van der Waals surface area (Å²) < 4.78 is 0. The van der Waals surface area contributed by atoms with Crippen LogP contribution in [-0.4, -0.2) is 34.2 Å². The van der Waals surface area contributed by atoms with Gasteiger partial charge in [-0.15, -0.1) is 0 Å². The van der Waals surface area contributed by atoms with Crippen molar-refractivity contribution in [1.29, 1.82) is 0 Å². The van der Waals surface area contributed by atoms with Crippen LogP contribution in [0.15, 0.2) is 0 Å². The van der Waals surface area contributed by atoms with Crippen LogP contribution in [0.1, 0.15) is 78.1 Å². The van der Waals surface area contributed by atoms with E-state index in [0.29, 0.717) is 12.8 Å². The monoisotopic (exact) mass is 381 g/mol. The summed E-state index contributed by atoms with van der Waals surface area (Å²) in [5.74, 6) is -1.78. The van der Waals surface area contributed by atoms with Gasteiger partial charge < -0.3 is 21.7 Å². The van der Waals surface area contributed by atoms with E-state index in [9.17, 15) is 9.59 Å². The van der Waals surface area contributed by atoms with Crippen LogP contribution in [0.4, 0.5) is 0 Å². The molecule has 0 aromatic rings. The Labute approximate surface area is 150 Å². The normalized spacial score (nSPS) is 12.3. The Kier molecular flexibility index (Phi) is 23.0. The Morgan fingerprint density at radius 1 is 0.739 bits per heavy atom. The standard InChI is InChI=1S/2C8H17NO2.Cu/c2*1-2-3-4-5-6-7(9)8(10)11;/h2*7H,2-6,9H2,1H3,(H,10,11);. The Morgan fingerprint density at radius 2 is 1.04 bits per heavy atom. The topological polar surface area (TPSA) is 127 Å². The first kappa shape index (κ1) is 27.2. The van der Waals surface area contributed by atoms with Gasteiger partial charge in [-0.3, -0.25) is 9.59 Å². The minimum absolute atomic E-state index is 0. The van der Waals surface area contributed by atoms with Gasteiger partial charge in [0.15, 0.2) is 0 Å². The number of aliphatic carboxylic acids is 2. The van der Waals surface area contributed by atoms with Gasteiger partial charge in [0.25, 0.3) is 0 Å². The maximum Gasteiger partial charge on any atom is 0.320 e. The maximum atomic E-state index is 10.2. The zero-order chi connectivity index (χ0) is 17.4. The van der Waals surface area contributed by atoms with E-state index < -0.39 is 24.0 Å². The van der Waals surface area contributed by atoms with Crippen LogP contribution in [-0.2, 0) is 26.7 Å². The molecule has 0 aromatic heterocycles. The molecule has 6 nitrogen and oxygen atoms in total. The number of nitrogens with two attached hydrogens (primary N) is 2. The molecule has 0 aliphatic carbocycles. The molecule has 0 amide bonds. The van der Waals surface area contributed by atoms with Crippen molar-refractivity contribution < 1.29 is 36.9 Å². The molecule has 7 heteroatoms. The number of rotatable bonds is 12. The van der Waals surface area contributed by atoms with Crippen molar-refractivity contribution in [1.82, 2.24) is 0 Å². The van der Waals surface area contributed by atoms with E-state index in [2.05, 4.69) is 13.8 Å². The van der Waals surface area contributed by atoms with E-state index in [1.165, 1.54) is 25.7 Å². The van der Waals surface area contributed by atoms with Crippen LogP contribution in [0.2, 0.25) is 0 Å². The molecule has 143 valence electrons. The van der Waals surface area contributed by atoms with Gasteiger partial charge >= 0.3 is 11.9 Å². The Hall–Kier alpha value is -0.621. The smallest absolute Gasteiger partial charge is 0.320 e. The van der Waals surface area contributed by atoms with Crippen molar-refractivity contribution in [3.8, 4) is 0 Å². The summed E-state index contributed by atoms with van der Waals surface area (Å²) in [5, 5.41) is 16.8. The van der Waals surface area contributed by atoms with Gasteiger partial charge in [0, 0.05) is 17.1 Å². The fourth-order valence-electron chi connectivity index (χ4n) is 1.83. The zero-order valence-corrected chi connectivity index (χ0v) is 15.3. The predicted molar refractivity (Wildman–Crippen MR) is 88.7 cm³/mol. The third-order valence-electron chi connectivity index (χ3n) is 3.37. The van der Waals surface area contributed by atoms with E-state index in [0.717, 1.165) is 25.7 Å². The summed E-state index contributed by atoms with van der Waals surface area (Å²) in [7, 11) is 0. The van der Waals surface area contributed by atoms with Gasteiger partial charge in [0.2, 0.25) is 0 Å². The van der Waals surface area contributed by atoms with Gasteiger partial charge in [0.1, 0.15) is 12.1 Å². The zero-order valence-electron chi connectivity index (χ0n) is 14.4. The van der Waals surface area contributed by atoms with Crippen molar-refractivity contribution in [2.24, 2.45) is 11.5 Å². The summed E-state index contributed by atoms with van der Waals surface area (Å²) in [6, 6.07) is -1.32. The van der Waals surface area contributed by atoms with Crippen molar-refractivity contribution in [2.75, 3.05) is 0 Å². The van der Waals surface area contributed by atoms with E-state index >= 15 is 0 Å². The third kappa shape index (κ3) is 21.4. The van der Waals surface area contributed by atoms with E-state index in [-0.39, 0.29) is 17.1 Å². The molecule has 0 fully saturated rings. The molecule has 1 radical (unpaired) electrons. The van der Waals surface area contributed by atoms with Crippen LogP contribution in [0.25, 0.3) is 0 Å². The number of carboxylic acid groups (broad SMARTS) is 2. The molecule has 2 unspecified atom stereocenters. The van der Waals surface area contributed by atoms with Crippen molar-refractivity contribution in [3.63, 3.8) is 0 Å². The van der Waals surface area contributed by atoms with E-state index in [1.807, 2.05) is 0 Å². The second-order valence-electron chi connectivity index (χ2n) is 5.59. The average molecular weight is 382 g/mol. The fourth-order valence-corrected chi connectivity index (χ4v) is 1.83. The molecule has 0 saturated carbocycles. The second-order valence-corrected chi connectivity index (χ2v) is 5.59. The first-order valence-electron chi connectivity index (χ1n) is 8.33. The fraction of sp³-hybridized carbons (Fsp3) is 0.875. The Morgan fingerprint density at radius 3 is 1.26 bits per heavy atom. The molecule has 0 aliphatic rings. The molecule has 23 heavy (non-hydrogen) atoms. The minimum atomic E-state index is -0.888. The number of carboxylic acids is 2. The third-order valence-corrected chi connectivity index (χ3v) is 3.37. The van der Waals surface area contributed by atoms with Crippen molar-refractivity contribution in [2.45, 2.75) is 90.1 Å². The van der Waals surface area contributed by atoms with Crippen LogP contribution in [0.3, 0.4) is 0 Å². The first-order chi connectivity index (χ1) is 10.4. The Bertz CT molecular complexity index is 263. The molecular weight excluding hydrogens is 348 g/mol. The summed E-state index contributed by atoms with van der Waals surface area (Å²) in [6.45, 7) is 4.24. The van der Waals surface area contributed by atoms with Gasteiger partial charge in [-0.2, -0.15) is 0 Å². The van der Waals surface area contributed by atoms with Crippen molar-refractivity contribution in [3.05, 3.63) is 0 Å². The summed E-state index contributed by atoms with van der Waals surface area (Å²) in [4.78, 5) is 20.5. The van der Waals surface area contributed by atoms with E-state index in [1.54, 1.807) is 0 Å². The maximum absolute atomic E-state index is 10.2. The summed E-state index contributed by atoms with van der Waals surface area (Å²) >= 11 is 0. The molecular formula is C16H34CuN2O4. The average Bonchev–Trinajstić information content (AvgIpc) is 2.48. The molecule has 0 aliphatic heterocycles. The number of hydrogen-bond acceptors (Lipinski definition) is 4. The van der Waals surface area contributed by atoms with Gasteiger partial charge in [-0.25, -0.2) is 0 Å². The van der Waals surface area contributed by atoms with E-state index in [4.69, 9.17) is 21.7 Å². The molecule has 0 bridgehead atoms. The molecule has 6 N–H and O–H groups in total. The number of hydrogen-bond donors (Lipinski definition) is 4. The van der Waals surface area contributed by atoms with Crippen molar-refractivity contribution >= 4 is 11.9 Å². The van der Waals surface area contributed by atoms with Gasteiger partial charge in [-0.1, -0.05) is 65.2 Å². The number of unbranched alkanes of at least 4 members (excludes halogenated alkanes) is 6. The molecule has 2 atom stereocenters. The molecule has 0 spiro atoms. The largest absolute Gasteiger partial charge is 0.480 e. The minimum Gasteiger partial charge on any atom is -0.480 e. The summed E-state index contributed by atoms with van der Waals surface area (Å²) in [5.41, 5.74) is 10.6. The molecule has 0 aromatic carbocycles. The van der Waals surface area contributed by atoms with Crippen LogP contribution >= 0.6 is 0 Å².